The van der Waals surface area contributed by atoms with Crippen molar-refractivity contribution in [2.75, 3.05) is 30.8 Å². The highest BCUT2D eigenvalue weighted by Crippen LogP contribution is 2.26. The van der Waals surface area contributed by atoms with E-state index in [0.717, 1.165) is 40.1 Å². The fourth-order valence-electron chi connectivity index (χ4n) is 3.95. The van der Waals surface area contributed by atoms with Crippen molar-refractivity contribution < 1.29 is 22.7 Å². The fraction of sp³-hybridized carbons (Fsp3) is 0.481. The molecule has 198 valence electrons. The topological polar surface area (TPSA) is 96.0 Å². The summed E-state index contributed by atoms with van der Waals surface area (Å²) in [6, 6.07) is 11.9. The van der Waals surface area contributed by atoms with Gasteiger partial charge in [-0.25, -0.2) is 8.42 Å². The third-order valence-electron chi connectivity index (χ3n) is 6.25. The second kappa shape index (κ2) is 13.3. The molecule has 2 amide bonds. The molecule has 1 N–H and O–H groups in total. The highest BCUT2D eigenvalue weighted by atomic mass is 32.2. The molecular weight excluding hydrogens is 478 g/mol. The van der Waals surface area contributed by atoms with Gasteiger partial charge in [0.1, 0.15) is 18.3 Å². The Bertz CT molecular complexity index is 1130. The van der Waals surface area contributed by atoms with Gasteiger partial charge in [-0.2, -0.15) is 0 Å². The van der Waals surface area contributed by atoms with Crippen molar-refractivity contribution in [1.29, 1.82) is 0 Å². The van der Waals surface area contributed by atoms with Crippen LogP contribution >= 0.6 is 0 Å². The van der Waals surface area contributed by atoms with E-state index in [1.807, 2.05) is 45.9 Å². The average Bonchev–Trinajstić information content (AvgIpc) is 2.84. The molecule has 0 spiro atoms. The van der Waals surface area contributed by atoms with E-state index >= 15 is 0 Å². The monoisotopic (exact) mass is 517 g/mol. The number of nitrogens with one attached hydrogen (secondary N) is 1. The number of benzene rings is 2. The average molecular weight is 518 g/mol. The lowest BCUT2D eigenvalue weighted by atomic mass is 10.1. The van der Waals surface area contributed by atoms with Gasteiger partial charge in [-0.3, -0.25) is 13.9 Å². The zero-order valence-electron chi connectivity index (χ0n) is 22.2. The maximum Gasteiger partial charge on any atom is 0.244 e. The number of ether oxygens (including phenoxy) is 1. The highest BCUT2D eigenvalue weighted by molar-refractivity contribution is 7.92. The normalized spacial score (nSPS) is 12.1. The molecule has 0 radical (unpaired) electrons. The summed E-state index contributed by atoms with van der Waals surface area (Å²) in [5.74, 6) is -0.0146. The van der Waals surface area contributed by atoms with Gasteiger partial charge in [-0.05, 0) is 61.6 Å². The standard InChI is InChI=1S/C27H39N3O5S/c1-7-9-17-28-27(32)24(8-2)29(18-22-13-15-23(35-5)16-14-22)26(31)19-30(36(6,33)34)25-12-10-11-20(3)21(25)4/h10-16,24H,7-9,17-19H2,1-6H3,(H,28,32). The molecule has 0 aliphatic heterocycles. The van der Waals surface area contributed by atoms with Crippen molar-refractivity contribution >= 4 is 27.5 Å². The predicted molar refractivity (Wildman–Crippen MR) is 144 cm³/mol. The van der Waals surface area contributed by atoms with Gasteiger partial charge in [0.15, 0.2) is 0 Å². The van der Waals surface area contributed by atoms with E-state index in [4.69, 9.17) is 4.74 Å². The van der Waals surface area contributed by atoms with Gasteiger partial charge in [-0.1, -0.05) is 44.5 Å². The maximum absolute atomic E-state index is 13.7. The summed E-state index contributed by atoms with van der Waals surface area (Å²) < 4.78 is 31.9. The summed E-state index contributed by atoms with van der Waals surface area (Å²) in [5.41, 5.74) is 2.96. The second-order valence-electron chi connectivity index (χ2n) is 8.93. The Hall–Kier alpha value is -3.07. The molecule has 0 bridgehead atoms. The van der Waals surface area contributed by atoms with E-state index in [0.29, 0.717) is 24.4 Å². The van der Waals surface area contributed by atoms with Gasteiger partial charge >= 0.3 is 0 Å². The van der Waals surface area contributed by atoms with Crippen LogP contribution in [0, 0.1) is 13.8 Å². The Kier molecular flexibility index (Phi) is 10.8. The van der Waals surface area contributed by atoms with E-state index in [9.17, 15) is 18.0 Å². The van der Waals surface area contributed by atoms with E-state index in [-0.39, 0.29) is 12.5 Å². The lowest BCUT2D eigenvalue weighted by molar-refractivity contribution is -0.140. The van der Waals surface area contributed by atoms with Crippen LogP contribution in [0.15, 0.2) is 42.5 Å². The van der Waals surface area contributed by atoms with Crippen LogP contribution < -0.4 is 14.4 Å². The van der Waals surface area contributed by atoms with Gasteiger partial charge in [-0.15, -0.1) is 0 Å². The number of nitrogens with zero attached hydrogens (tertiary/aromatic N) is 2. The number of unbranched alkanes of at least 4 members (excludes halogenated alkanes) is 1. The molecule has 0 heterocycles. The molecule has 2 aromatic rings. The number of hydrogen-bond donors (Lipinski definition) is 1. The molecule has 0 aromatic heterocycles. The first-order valence-electron chi connectivity index (χ1n) is 12.3. The second-order valence-corrected chi connectivity index (χ2v) is 10.8. The number of anilines is 1. The zero-order chi connectivity index (χ0) is 26.9. The highest BCUT2D eigenvalue weighted by Gasteiger charge is 2.32. The number of hydrogen-bond acceptors (Lipinski definition) is 5. The Labute approximate surface area is 215 Å². The first-order chi connectivity index (χ1) is 17.0. The number of aryl methyl sites for hydroxylation is 1. The van der Waals surface area contributed by atoms with Crippen LogP contribution in [0.3, 0.4) is 0 Å². The van der Waals surface area contributed by atoms with Gasteiger partial charge in [0.2, 0.25) is 21.8 Å². The molecule has 9 heteroatoms. The summed E-state index contributed by atoms with van der Waals surface area (Å²) in [6.07, 6.45) is 3.25. The van der Waals surface area contributed by atoms with Gasteiger partial charge in [0.25, 0.3) is 0 Å². The van der Waals surface area contributed by atoms with Crippen LogP contribution in [-0.4, -0.2) is 57.6 Å². The number of amides is 2. The van der Waals surface area contributed by atoms with Crippen molar-refractivity contribution in [2.45, 2.75) is 59.5 Å². The first-order valence-corrected chi connectivity index (χ1v) is 14.1. The Morgan fingerprint density at radius 1 is 1.06 bits per heavy atom. The van der Waals surface area contributed by atoms with Crippen molar-refractivity contribution in [3.05, 3.63) is 59.2 Å². The molecule has 0 saturated carbocycles. The maximum atomic E-state index is 13.7. The predicted octanol–water partition coefficient (Wildman–Crippen LogP) is 3.80. The molecule has 1 atom stereocenters. The molecule has 0 aliphatic carbocycles. The van der Waals surface area contributed by atoms with Crippen molar-refractivity contribution in [3.8, 4) is 5.75 Å². The molecular formula is C27H39N3O5S. The van der Waals surface area contributed by atoms with E-state index in [1.54, 1.807) is 31.4 Å². The molecule has 2 aromatic carbocycles. The summed E-state index contributed by atoms with van der Waals surface area (Å²) in [4.78, 5) is 28.3. The fourth-order valence-corrected chi connectivity index (χ4v) is 4.85. The van der Waals surface area contributed by atoms with Gasteiger partial charge in [0, 0.05) is 13.1 Å². The SMILES string of the molecule is CCCCNC(=O)C(CC)N(Cc1ccc(OC)cc1)C(=O)CN(c1cccc(C)c1C)S(C)(=O)=O. The summed E-state index contributed by atoms with van der Waals surface area (Å²) >= 11 is 0. The van der Waals surface area contributed by atoms with E-state index in [2.05, 4.69) is 5.32 Å². The quantitative estimate of drug-likeness (QED) is 0.408. The summed E-state index contributed by atoms with van der Waals surface area (Å²) in [7, 11) is -2.19. The zero-order valence-corrected chi connectivity index (χ0v) is 23.0. The minimum atomic E-state index is -3.77. The minimum Gasteiger partial charge on any atom is -0.497 e. The summed E-state index contributed by atoms with van der Waals surface area (Å²) in [5, 5.41) is 2.92. The summed E-state index contributed by atoms with van der Waals surface area (Å²) in [6.45, 7) is 7.88. The van der Waals surface area contributed by atoms with Crippen LogP contribution in [0.5, 0.6) is 5.75 Å². The lowest BCUT2D eigenvalue weighted by Crippen LogP contribution is -2.52. The molecule has 0 saturated heterocycles. The van der Waals surface area contributed by atoms with Crippen LogP contribution in [-0.2, 0) is 26.2 Å². The number of methoxy groups -OCH3 is 1. The minimum absolute atomic E-state index is 0.160. The Morgan fingerprint density at radius 2 is 1.72 bits per heavy atom. The molecule has 2 rings (SSSR count). The molecule has 8 nitrogen and oxygen atoms in total. The van der Waals surface area contributed by atoms with Gasteiger partial charge < -0.3 is 15.0 Å². The van der Waals surface area contributed by atoms with E-state index < -0.39 is 28.5 Å². The van der Waals surface area contributed by atoms with E-state index in [1.165, 1.54) is 4.90 Å². The van der Waals surface area contributed by atoms with Crippen LogP contribution in [0.25, 0.3) is 0 Å². The molecule has 36 heavy (non-hydrogen) atoms. The smallest absolute Gasteiger partial charge is 0.244 e. The van der Waals surface area contributed by atoms with Crippen molar-refractivity contribution in [2.24, 2.45) is 0 Å². The number of carbonyl (C=O) groups is 2. The largest absolute Gasteiger partial charge is 0.497 e. The van der Waals surface area contributed by atoms with Crippen LogP contribution in [0.2, 0.25) is 0 Å². The molecule has 1 unspecified atom stereocenters. The first kappa shape index (κ1) is 29.2. The third kappa shape index (κ3) is 7.71. The third-order valence-corrected chi connectivity index (χ3v) is 7.38. The molecule has 0 fully saturated rings. The Balaban J connectivity index is 2.44. The number of carbonyl (C=O) groups excluding carboxylic acids is 2. The lowest BCUT2D eigenvalue weighted by Gasteiger charge is -2.33. The van der Waals surface area contributed by atoms with Crippen LogP contribution in [0.1, 0.15) is 49.8 Å². The number of rotatable bonds is 13. The van der Waals surface area contributed by atoms with Crippen molar-refractivity contribution in [3.63, 3.8) is 0 Å². The van der Waals surface area contributed by atoms with Gasteiger partial charge in [0.05, 0.1) is 19.1 Å². The Morgan fingerprint density at radius 3 is 2.28 bits per heavy atom. The van der Waals surface area contributed by atoms with Crippen LogP contribution in [0.4, 0.5) is 5.69 Å². The molecule has 0 aliphatic rings. The van der Waals surface area contributed by atoms with Crippen molar-refractivity contribution in [1.82, 2.24) is 10.2 Å². The number of sulfonamides is 1.